The fourth-order valence-corrected chi connectivity index (χ4v) is 1.87. The summed E-state index contributed by atoms with van der Waals surface area (Å²) < 4.78 is 5.34. The van der Waals surface area contributed by atoms with Crippen LogP contribution < -0.4 is 10.2 Å². The highest BCUT2D eigenvalue weighted by Gasteiger charge is 2.14. The second kappa shape index (κ2) is 5.93. The van der Waals surface area contributed by atoms with E-state index in [0.29, 0.717) is 0 Å². The van der Waals surface area contributed by atoms with Gasteiger partial charge in [-0.15, -0.1) is 0 Å². The predicted octanol–water partition coefficient (Wildman–Crippen LogP) is 0.731. The van der Waals surface area contributed by atoms with E-state index in [2.05, 4.69) is 27.1 Å². The van der Waals surface area contributed by atoms with Crippen LogP contribution in [0, 0.1) is 6.92 Å². The van der Waals surface area contributed by atoms with Gasteiger partial charge in [-0.2, -0.15) is 0 Å². The highest BCUT2D eigenvalue weighted by Crippen LogP contribution is 2.12. The first-order chi connectivity index (χ1) is 8.29. The quantitative estimate of drug-likeness (QED) is 0.835. The van der Waals surface area contributed by atoms with Crippen LogP contribution in [-0.4, -0.2) is 42.8 Å². The largest absolute Gasteiger partial charge is 0.378 e. The van der Waals surface area contributed by atoms with E-state index >= 15 is 0 Å². The van der Waals surface area contributed by atoms with Gasteiger partial charge in [-0.25, -0.2) is 9.97 Å². The van der Waals surface area contributed by atoms with Crippen LogP contribution in [0.15, 0.2) is 6.07 Å². The van der Waals surface area contributed by atoms with E-state index in [0.717, 1.165) is 56.7 Å². The lowest BCUT2D eigenvalue weighted by molar-refractivity contribution is 0.122. The molecule has 17 heavy (non-hydrogen) atoms. The molecule has 0 saturated carbocycles. The van der Waals surface area contributed by atoms with Crippen molar-refractivity contribution < 1.29 is 4.74 Å². The van der Waals surface area contributed by atoms with E-state index in [1.807, 2.05) is 13.0 Å². The summed E-state index contributed by atoms with van der Waals surface area (Å²) in [6.07, 6.45) is 0. The van der Waals surface area contributed by atoms with Gasteiger partial charge in [-0.3, -0.25) is 0 Å². The Morgan fingerprint density at radius 2 is 2.12 bits per heavy atom. The lowest BCUT2D eigenvalue weighted by atomic mass is 10.3. The Hall–Kier alpha value is -1.20. The first-order valence-electron chi connectivity index (χ1n) is 6.17. The molecular formula is C12H20N4O. The van der Waals surface area contributed by atoms with Crippen molar-refractivity contribution in [1.29, 1.82) is 0 Å². The summed E-state index contributed by atoms with van der Waals surface area (Å²) in [5.41, 5.74) is 2.08. The van der Waals surface area contributed by atoms with Crippen LogP contribution in [0.25, 0.3) is 0 Å². The Kier molecular flexibility index (Phi) is 4.28. The van der Waals surface area contributed by atoms with Crippen molar-refractivity contribution in [3.05, 3.63) is 17.5 Å². The molecule has 2 heterocycles. The lowest BCUT2D eigenvalue weighted by Gasteiger charge is -2.27. The van der Waals surface area contributed by atoms with Gasteiger partial charge in [0.25, 0.3) is 0 Å². The van der Waals surface area contributed by atoms with Gasteiger partial charge in [0.15, 0.2) is 0 Å². The number of nitrogens with one attached hydrogen (secondary N) is 1. The number of morpholine rings is 1. The Labute approximate surface area is 102 Å². The third kappa shape index (κ3) is 3.38. The smallest absolute Gasteiger partial charge is 0.225 e. The second-order valence-electron chi connectivity index (χ2n) is 4.18. The zero-order chi connectivity index (χ0) is 12.1. The molecule has 1 aliphatic rings. The maximum atomic E-state index is 5.34. The molecule has 5 nitrogen and oxygen atoms in total. The van der Waals surface area contributed by atoms with Crippen LogP contribution in [0.5, 0.6) is 0 Å². The summed E-state index contributed by atoms with van der Waals surface area (Å²) >= 11 is 0. The fourth-order valence-electron chi connectivity index (χ4n) is 1.87. The molecular weight excluding hydrogens is 216 g/mol. The van der Waals surface area contributed by atoms with Gasteiger partial charge in [0.1, 0.15) is 0 Å². The summed E-state index contributed by atoms with van der Waals surface area (Å²) in [7, 11) is 0. The van der Waals surface area contributed by atoms with Crippen molar-refractivity contribution in [3.63, 3.8) is 0 Å². The van der Waals surface area contributed by atoms with Crippen molar-refractivity contribution >= 4 is 5.95 Å². The molecule has 1 fully saturated rings. The normalized spacial score (nSPS) is 16.2. The minimum Gasteiger partial charge on any atom is -0.378 e. The molecule has 1 aromatic rings. The van der Waals surface area contributed by atoms with Crippen LogP contribution in [0.2, 0.25) is 0 Å². The number of aromatic nitrogens is 2. The highest BCUT2D eigenvalue weighted by molar-refractivity contribution is 5.32. The summed E-state index contributed by atoms with van der Waals surface area (Å²) in [5.74, 6) is 0.834. The number of aryl methyl sites for hydroxylation is 1. The van der Waals surface area contributed by atoms with Crippen LogP contribution >= 0.6 is 0 Å². The van der Waals surface area contributed by atoms with E-state index < -0.39 is 0 Å². The van der Waals surface area contributed by atoms with Gasteiger partial charge in [0, 0.05) is 25.3 Å². The second-order valence-corrected chi connectivity index (χ2v) is 4.18. The Morgan fingerprint density at radius 3 is 2.82 bits per heavy atom. The summed E-state index contributed by atoms with van der Waals surface area (Å²) in [5, 5.41) is 3.29. The van der Waals surface area contributed by atoms with Crippen LogP contribution in [-0.2, 0) is 11.3 Å². The molecule has 1 aromatic heterocycles. The van der Waals surface area contributed by atoms with Gasteiger partial charge < -0.3 is 15.0 Å². The summed E-state index contributed by atoms with van der Waals surface area (Å²) in [6.45, 7) is 9.15. The Morgan fingerprint density at radius 1 is 1.35 bits per heavy atom. The molecule has 2 rings (SSSR count). The molecule has 0 aromatic carbocycles. The van der Waals surface area contributed by atoms with Crippen molar-refractivity contribution in [2.75, 3.05) is 37.7 Å². The first-order valence-corrected chi connectivity index (χ1v) is 6.17. The number of hydrogen-bond donors (Lipinski definition) is 1. The molecule has 0 bridgehead atoms. The van der Waals surface area contributed by atoms with Gasteiger partial charge in [-0.05, 0) is 19.5 Å². The fraction of sp³-hybridized carbons (Fsp3) is 0.667. The van der Waals surface area contributed by atoms with Gasteiger partial charge in [-0.1, -0.05) is 6.92 Å². The van der Waals surface area contributed by atoms with Crippen molar-refractivity contribution in [2.24, 2.45) is 0 Å². The van der Waals surface area contributed by atoms with Crippen molar-refractivity contribution in [3.8, 4) is 0 Å². The van der Waals surface area contributed by atoms with E-state index in [9.17, 15) is 0 Å². The topological polar surface area (TPSA) is 50.3 Å². The molecule has 5 heteroatoms. The average Bonchev–Trinajstić information content (AvgIpc) is 2.37. The van der Waals surface area contributed by atoms with E-state index in [1.54, 1.807) is 0 Å². The van der Waals surface area contributed by atoms with Crippen LogP contribution in [0.4, 0.5) is 5.95 Å². The first kappa shape index (κ1) is 12.3. The zero-order valence-corrected chi connectivity index (χ0v) is 10.6. The SMILES string of the molecule is CCNCc1cc(C)nc(N2CCOCC2)n1. The Bertz CT molecular complexity index is 364. The van der Waals surface area contributed by atoms with E-state index in [1.165, 1.54) is 0 Å². The highest BCUT2D eigenvalue weighted by atomic mass is 16.5. The average molecular weight is 236 g/mol. The number of rotatable bonds is 4. The Balaban J connectivity index is 2.12. The molecule has 1 saturated heterocycles. The third-order valence-corrected chi connectivity index (χ3v) is 2.75. The molecule has 1 aliphatic heterocycles. The summed E-state index contributed by atoms with van der Waals surface area (Å²) in [6, 6.07) is 2.03. The third-order valence-electron chi connectivity index (χ3n) is 2.75. The monoisotopic (exact) mass is 236 g/mol. The molecule has 0 radical (unpaired) electrons. The molecule has 0 spiro atoms. The van der Waals surface area contributed by atoms with Gasteiger partial charge >= 0.3 is 0 Å². The van der Waals surface area contributed by atoms with Gasteiger partial charge in [0.05, 0.1) is 18.9 Å². The lowest BCUT2D eigenvalue weighted by Crippen LogP contribution is -2.37. The zero-order valence-electron chi connectivity index (χ0n) is 10.6. The van der Waals surface area contributed by atoms with Gasteiger partial charge in [0.2, 0.25) is 5.95 Å². The molecule has 94 valence electrons. The number of anilines is 1. The standard InChI is InChI=1S/C12H20N4O/c1-3-13-9-11-8-10(2)14-12(15-11)16-4-6-17-7-5-16/h8,13H,3-7,9H2,1-2H3. The number of ether oxygens (including phenoxy) is 1. The van der Waals surface area contributed by atoms with Crippen LogP contribution in [0.3, 0.4) is 0 Å². The molecule has 0 amide bonds. The van der Waals surface area contributed by atoms with Crippen molar-refractivity contribution in [1.82, 2.24) is 15.3 Å². The number of hydrogen-bond acceptors (Lipinski definition) is 5. The van der Waals surface area contributed by atoms with E-state index in [4.69, 9.17) is 4.74 Å². The minimum atomic E-state index is 0.764. The van der Waals surface area contributed by atoms with Crippen molar-refractivity contribution in [2.45, 2.75) is 20.4 Å². The summed E-state index contributed by atoms with van der Waals surface area (Å²) in [4.78, 5) is 11.3. The predicted molar refractivity (Wildman–Crippen MR) is 67.2 cm³/mol. The molecule has 0 unspecified atom stereocenters. The van der Waals surface area contributed by atoms with Crippen LogP contribution in [0.1, 0.15) is 18.3 Å². The van der Waals surface area contributed by atoms with E-state index in [-0.39, 0.29) is 0 Å². The molecule has 1 N–H and O–H groups in total. The number of nitrogens with zero attached hydrogens (tertiary/aromatic N) is 3. The molecule has 0 atom stereocenters. The maximum absolute atomic E-state index is 5.34. The molecule has 0 aliphatic carbocycles. The minimum absolute atomic E-state index is 0.764. The maximum Gasteiger partial charge on any atom is 0.225 e.